The molecule has 4 amide bonds. The monoisotopic (exact) mass is 504 g/mol. The van der Waals surface area contributed by atoms with Gasteiger partial charge in [0.2, 0.25) is 23.6 Å². The Morgan fingerprint density at radius 2 is 1.72 bits per heavy atom. The molecule has 198 valence electrons. The normalized spacial score (nSPS) is 18.2. The number of nitrogens with zero attached hydrogens (tertiary/aromatic N) is 1. The molecule has 1 fully saturated rings. The van der Waals surface area contributed by atoms with E-state index in [1.807, 2.05) is 13.8 Å². The zero-order valence-corrected chi connectivity index (χ0v) is 21.4. The van der Waals surface area contributed by atoms with E-state index in [-0.39, 0.29) is 55.7 Å². The van der Waals surface area contributed by atoms with Crippen LogP contribution in [0.1, 0.15) is 46.6 Å². The van der Waals surface area contributed by atoms with Crippen LogP contribution in [-0.2, 0) is 35.3 Å². The minimum absolute atomic E-state index is 0.0797. The van der Waals surface area contributed by atoms with E-state index in [1.165, 1.54) is 6.92 Å². The molecule has 1 aromatic carbocycles. The fourth-order valence-corrected chi connectivity index (χ4v) is 3.83. The molecule has 0 saturated carbocycles. The number of benzene rings is 1. The Morgan fingerprint density at radius 3 is 2.25 bits per heavy atom. The van der Waals surface area contributed by atoms with Crippen LogP contribution in [-0.4, -0.2) is 65.0 Å². The number of anilines is 1. The molecule has 0 aromatic heterocycles. The van der Waals surface area contributed by atoms with Gasteiger partial charge >= 0.3 is 5.97 Å². The molecule has 1 saturated heterocycles. The molecule has 1 aliphatic rings. The highest BCUT2D eigenvalue weighted by atomic mass is 16.5. The van der Waals surface area contributed by atoms with Gasteiger partial charge in [0.05, 0.1) is 6.54 Å². The topological polar surface area (TPSA) is 154 Å². The number of amides is 4. The summed E-state index contributed by atoms with van der Waals surface area (Å²) in [7, 11) is 0. The van der Waals surface area contributed by atoms with Crippen LogP contribution in [0, 0.1) is 17.8 Å². The summed E-state index contributed by atoms with van der Waals surface area (Å²) in [6, 6.07) is 5.77. The third-order valence-electron chi connectivity index (χ3n) is 5.97. The highest BCUT2D eigenvalue weighted by Gasteiger charge is 2.41. The molecule has 3 atom stereocenters. The standard InChI is InChI=1S/C25H36N4O7/c1-14(2)19-10-22(33)29(25(19)35)12-21(32)28-23(15(3)4)24(34)26-11-20(31)27-18-8-6-17(7-9-18)13-36-16(5)30/h6-9,14-15,19,23,25,35H,10-13H2,1-5H3,(H,26,34)(H,27,31)(H,28,32). The summed E-state index contributed by atoms with van der Waals surface area (Å²) in [6.45, 7) is 8.07. The predicted molar refractivity (Wildman–Crippen MR) is 131 cm³/mol. The number of rotatable bonds is 11. The van der Waals surface area contributed by atoms with Crippen LogP contribution >= 0.6 is 0 Å². The van der Waals surface area contributed by atoms with Crippen molar-refractivity contribution in [3.8, 4) is 0 Å². The van der Waals surface area contributed by atoms with Crippen molar-refractivity contribution in [3.63, 3.8) is 0 Å². The van der Waals surface area contributed by atoms with Crippen LogP contribution in [0.25, 0.3) is 0 Å². The van der Waals surface area contributed by atoms with Crippen molar-refractivity contribution in [3.05, 3.63) is 29.8 Å². The van der Waals surface area contributed by atoms with Gasteiger partial charge < -0.3 is 30.7 Å². The van der Waals surface area contributed by atoms with Gasteiger partial charge in [-0.3, -0.25) is 24.0 Å². The van der Waals surface area contributed by atoms with Gasteiger partial charge in [-0.1, -0.05) is 39.8 Å². The van der Waals surface area contributed by atoms with Gasteiger partial charge in [-0.25, -0.2) is 0 Å². The fourth-order valence-electron chi connectivity index (χ4n) is 3.83. The molecule has 1 heterocycles. The molecule has 11 heteroatoms. The zero-order valence-electron chi connectivity index (χ0n) is 21.4. The molecule has 11 nitrogen and oxygen atoms in total. The molecule has 3 unspecified atom stereocenters. The first-order valence-electron chi connectivity index (χ1n) is 12.0. The van der Waals surface area contributed by atoms with Crippen LogP contribution in [0.4, 0.5) is 5.69 Å². The summed E-state index contributed by atoms with van der Waals surface area (Å²) in [5.74, 6) is -2.73. The Bertz CT molecular complexity index is 962. The van der Waals surface area contributed by atoms with Gasteiger partial charge in [-0.05, 0) is 29.5 Å². The second kappa shape index (κ2) is 13.0. The van der Waals surface area contributed by atoms with Crippen LogP contribution in [0.15, 0.2) is 24.3 Å². The quantitative estimate of drug-likeness (QED) is 0.325. The number of carbonyl (C=O) groups excluding carboxylic acids is 5. The average molecular weight is 505 g/mol. The minimum Gasteiger partial charge on any atom is -0.461 e. The highest BCUT2D eigenvalue weighted by molar-refractivity contribution is 5.96. The number of hydrogen-bond acceptors (Lipinski definition) is 7. The lowest BCUT2D eigenvalue weighted by molar-refractivity contribution is -0.142. The Morgan fingerprint density at radius 1 is 1.08 bits per heavy atom. The molecule has 0 aliphatic carbocycles. The van der Waals surface area contributed by atoms with Gasteiger partial charge in [0.15, 0.2) is 0 Å². The van der Waals surface area contributed by atoms with E-state index in [2.05, 4.69) is 16.0 Å². The average Bonchev–Trinajstić information content (AvgIpc) is 3.08. The third kappa shape index (κ3) is 8.33. The summed E-state index contributed by atoms with van der Waals surface area (Å²) in [4.78, 5) is 61.8. The van der Waals surface area contributed by atoms with Crippen molar-refractivity contribution in [1.82, 2.24) is 15.5 Å². The number of hydrogen-bond donors (Lipinski definition) is 4. The lowest BCUT2D eigenvalue weighted by Crippen LogP contribution is -2.53. The Hall–Kier alpha value is -3.47. The van der Waals surface area contributed by atoms with E-state index in [0.29, 0.717) is 5.69 Å². The summed E-state index contributed by atoms with van der Waals surface area (Å²) >= 11 is 0. The molecule has 2 rings (SSSR count). The van der Waals surface area contributed by atoms with Gasteiger partial charge in [-0.15, -0.1) is 0 Å². The maximum atomic E-state index is 12.7. The van der Waals surface area contributed by atoms with E-state index in [9.17, 15) is 29.1 Å². The summed E-state index contributed by atoms with van der Waals surface area (Å²) < 4.78 is 4.91. The molecule has 0 bridgehead atoms. The summed E-state index contributed by atoms with van der Waals surface area (Å²) in [5, 5.41) is 18.2. The smallest absolute Gasteiger partial charge is 0.302 e. The molecule has 0 radical (unpaired) electrons. The Kier molecular flexibility index (Phi) is 10.4. The van der Waals surface area contributed by atoms with Crippen LogP contribution in [0.2, 0.25) is 0 Å². The number of carbonyl (C=O) groups is 5. The van der Waals surface area contributed by atoms with Gasteiger partial charge in [0.25, 0.3) is 0 Å². The first kappa shape index (κ1) is 28.8. The lowest BCUT2D eigenvalue weighted by Gasteiger charge is -2.26. The fraction of sp³-hybridized carbons (Fsp3) is 0.560. The first-order valence-corrected chi connectivity index (χ1v) is 12.0. The van der Waals surface area contributed by atoms with E-state index in [0.717, 1.165) is 10.5 Å². The van der Waals surface area contributed by atoms with Crippen molar-refractivity contribution < 1.29 is 33.8 Å². The lowest BCUT2D eigenvalue weighted by atomic mass is 9.94. The van der Waals surface area contributed by atoms with Gasteiger partial charge in [-0.2, -0.15) is 0 Å². The van der Waals surface area contributed by atoms with Crippen LogP contribution in [0.3, 0.4) is 0 Å². The summed E-state index contributed by atoms with van der Waals surface area (Å²) in [6.07, 6.45) is -0.876. The molecule has 4 N–H and O–H groups in total. The highest BCUT2D eigenvalue weighted by Crippen LogP contribution is 2.29. The largest absolute Gasteiger partial charge is 0.461 e. The van der Waals surface area contributed by atoms with Crippen molar-refractivity contribution in [1.29, 1.82) is 0 Å². The number of aliphatic hydroxyl groups is 1. The van der Waals surface area contributed by atoms with Gasteiger partial charge in [0.1, 0.15) is 25.4 Å². The summed E-state index contributed by atoms with van der Waals surface area (Å²) in [5.41, 5.74) is 1.26. The molecular formula is C25H36N4O7. The maximum absolute atomic E-state index is 12.7. The van der Waals surface area contributed by atoms with E-state index in [1.54, 1.807) is 38.1 Å². The van der Waals surface area contributed by atoms with E-state index < -0.39 is 30.0 Å². The van der Waals surface area contributed by atoms with Crippen LogP contribution in [0.5, 0.6) is 0 Å². The Balaban J connectivity index is 1.85. The number of ether oxygens (including phenoxy) is 1. The minimum atomic E-state index is -1.05. The van der Waals surface area contributed by atoms with Crippen LogP contribution < -0.4 is 16.0 Å². The molecule has 36 heavy (non-hydrogen) atoms. The molecule has 0 spiro atoms. The van der Waals surface area contributed by atoms with E-state index in [4.69, 9.17) is 4.74 Å². The second-order valence-corrected chi connectivity index (χ2v) is 9.58. The number of likely N-dealkylation sites (tertiary alicyclic amines) is 1. The number of esters is 1. The zero-order chi connectivity index (χ0) is 27.0. The number of aliphatic hydroxyl groups excluding tert-OH is 1. The Labute approximate surface area is 210 Å². The van der Waals surface area contributed by atoms with Crippen molar-refractivity contribution in [2.45, 2.75) is 59.9 Å². The third-order valence-corrected chi connectivity index (χ3v) is 5.97. The first-order chi connectivity index (χ1) is 16.9. The molecular weight excluding hydrogens is 468 g/mol. The van der Waals surface area contributed by atoms with Crippen molar-refractivity contribution >= 4 is 35.3 Å². The maximum Gasteiger partial charge on any atom is 0.302 e. The van der Waals surface area contributed by atoms with E-state index >= 15 is 0 Å². The number of nitrogens with one attached hydrogen (secondary N) is 3. The molecule has 1 aliphatic heterocycles. The second-order valence-electron chi connectivity index (χ2n) is 9.58. The van der Waals surface area contributed by atoms with Crippen molar-refractivity contribution in [2.24, 2.45) is 17.8 Å². The SMILES string of the molecule is CC(=O)OCc1ccc(NC(=O)CNC(=O)C(NC(=O)CN2C(=O)CC(C(C)C)C2O)C(C)C)cc1. The van der Waals surface area contributed by atoms with Crippen molar-refractivity contribution in [2.75, 3.05) is 18.4 Å². The predicted octanol–water partition coefficient (Wildman–Crippen LogP) is 0.768. The molecule has 1 aromatic rings. The van der Waals surface area contributed by atoms with Gasteiger partial charge in [0, 0.05) is 24.9 Å².